The van der Waals surface area contributed by atoms with Crippen LogP contribution >= 0.6 is 11.3 Å². The minimum absolute atomic E-state index is 0.0682. The Hall–Kier alpha value is -3.34. The largest absolute Gasteiger partial charge is 0.461 e. The quantitative estimate of drug-likeness (QED) is 0.522. The summed E-state index contributed by atoms with van der Waals surface area (Å²) in [5, 5.41) is 6.53. The summed E-state index contributed by atoms with van der Waals surface area (Å²) in [6.07, 6.45) is -0.307. The minimum atomic E-state index is -1.04. The van der Waals surface area contributed by atoms with Crippen molar-refractivity contribution < 1.29 is 28.3 Å². The summed E-state index contributed by atoms with van der Waals surface area (Å²) in [7, 11) is 0. The van der Waals surface area contributed by atoms with Gasteiger partial charge in [0.15, 0.2) is 10.8 Å². The number of nitrogens with zero attached hydrogens (tertiary/aromatic N) is 2. The highest BCUT2D eigenvalue weighted by Crippen LogP contribution is 2.18. The van der Waals surface area contributed by atoms with Crippen molar-refractivity contribution in [2.75, 3.05) is 11.9 Å². The molecule has 1 atom stereocenters. The lowest BCUT2D eigenvalue weighted by Gasteiger charge is -2.13. The third-order valence-electron chi connectivity index (χ3n) is 3.96. The molecule has 1 unspecified atom stereocenters. The van der Waals surface area contributed by atoms with Gasteiger partial charge in [-0.3, -0.25) is 14.5 Å². The van der Waals surface area contributed by atoms with E-state index in [1.165, 1.54) is 23.6 Å². The average molecular weight is 420 g/mol. The number of ether oxygens (including phenoxy) is 1. The maximum atomic E-state index is 13.3. The van der Waals surface area contributed by atoms with Crippen molar-refractivity contribution in [2.45, 2.75) is 25.9 Å². The number of rotatable bonds is 7. The molecule has 2 aromatic rings. The molecule has 3 rings (SSSR count). The van der Waals surface area contributed by atoms with Crippen molar-refractivity contribution in [1.29, 1.82) is 0 Å². The van der Waals surface area contributed by atoms with Gasteiger partial charge in [0.05, 0.1) is 19.6 Å². The number of benzene rings is 1. The van der Waals surface area contributed by atoms with Crippen LogP contribution in [0.3, 0.4) is 0 Å². The number of carbonyl (C=O) groups is 4. The van der Waals surface area contributed by atoms with Gasteiger partial charge >= 0.3 is 12.0 Å². The van der Waals surface area contributed by atoms with Crippen LogP contribution in [0.25, 0.3) is 0 Å². The van der Waals surface area contributed by atoms with Gasteiger partial charge in [-0.2, -0.15) is 0 Å². The first-order valence-corrected chi connectivity index (χ1v) is 9.54. The van der Waals surface area contributed by atoms with E-state index in [-0.39, 0.29) is 30.4 Å². The Morgan fingerprint density at radius 3 is 2.90 bits per heavy atom. The van der Waals surface area contributed by atoms with Crippen LogP contribution in [0.1, 0.15) is 29.4 Å². The Morgan fingerprint density at radius 1 is 1.38 bits per heavy atom. The van der Waals surface area contributed by atoms with Crippen molar-refractivity contribution in [1.82, 2.24) is 15.2 Å². The Balaban J connectivity index is 1.57. The van der Waals surface area contributed by atoms with Crippen molar-refractivity contribution in [2.24, 2.45) is 0 Å². The van der Waals surface area contributed by atoms with Crippen LogP contribution in [0.5, 0.6) is 0 Å². The first kappa shape index (κ1) is 20.4. The third kappa shape index (κ3) is 4.93. The molecule has 2 heterocycles. The molecule has 4 amide bonds. The third-order valence-corrected chi connectivity index (χ3v) is 4.72. The molecule has 0 saturated carbocycles. The van der Waals surface area contributed by atoms with Gasteiger partial charge in [0.25, 0.3) is 5.91 Å². The topological polar surface area (TPSA) is 118 Å². The molecule has 9 nitrogen and oxygen atoms in total. The second kappa shape index (κ2) is 8.78. The molecular weight excluding hydrogens is 403 g/mol. The molecule has 1 aromatic carbocycles. The van der Waals surface area contributed by atoms with Crippen molar-refractivity contribution >= 4 is 40.3 Å². The number of thiazole rings is 1. The van der Waals surface area contributed by atoms with Gasteiger partial charge in [0, 0.05) is 5.38 Å². The molecule has 0 spiro atoms. The average Bonchev–Trinajstić information content (AvgIpc) is 3.22. The van der Waals surface area contributed by atoms with Crippen molar-refractivity contribution in [3.8, 4) is 0 Å². The van der Waals surface area contributed by atoms with E-state index in [0.717, 1.165) is 16.2 Å². The predicted molar refractivity (Wildman–Crippen MR) is 101 cm³/mol. The lowest BCUT2D eigenvalue weighted by molar-refractivity contribution is -0.130. The number of urea groups is 1. The molecule has 0 bridgehead atoms. The molecule has 1 aliphatic rings. The molecular formula is C18H17FN4O5S. The molecule has 1 aliphatic heterocycles. The number of aromatic nitrogens is 1. The Bertz CT molecular complexity index is 963. The summed E-state index contributed by atoms with van der Waals surface area (Å²) in [5.74, 6) is -2.21. The van der Waals surface area contributed by atoms with Crippen molar-refractivity contribution in [3.63, 3.8) is 0 Å². The number of hydrogen-bond acceptors (Lipinski definition) is 7. The second-order valence-corrected chi connectivity index (χ2v) is 6.93. The van der Waals surface area contributed by atoms with Gasteiger partial charge in [-0.15, -0.1) is 11.3 Å². The maximum Gasteiger partial charge on any atom is 0.357 e. The van der Waals surface area contributed by atoms with Gasteiger partial charge in [-0.05, 0) is 24.6 Å². The summed E-state index contributed by atoms with van der Waals surface area (Å²) in [5.41, 5.74) is 0.520. The monoisotopic (exact) mass is 420 g/mol. The fourth-order valence-electron chi connectivity index (χ4n) is 2.67. The number of carbonyl (C=O) groups excluding carboxylic acids is 4. The molecule has 2 N–H and O–H groups in total. The van der Waals surface area contributed by atoms with Crippen LogP contribution in [-0.2, 0) is 20.9 Å². The van der Waals surface area contributed by atoms with Gasteiger partial charge < -0.3 is 15.4 Å². The summed E-state index contributed by atoms with van der Waals surface area (Å²) in [4.78, 5) is 53.2. The Labute approximate surface area is 168 Å². The van der Waals surface area contributed by atoms with Gasteiger partial charge in [-0.25, -0.2) is 19.0 Å². The molecule has 152 valence electrons. The van der Waals surface area contributed by atoms with E-state index in [2.05, 4.69) is 15.6 Å². The Kier molecular flexibility index (Phi) is 6.17. The SMILES string of the molecule is CCOC(=O)c1csc(NC(=O)CC2NC(=O)N(Cc3cccc(F)c3)C2=O)n1. The van der Waals surface area contributed by atoms with E-state index >= 15 is 0 Å². The Morgan fingerprint density at radius 2 is 2.17 bits per heavy atom. The summed E-state index contributed by atoms with van der Waals surface area (Å²) in [6.45, 7) is 1.76. The normalized spacial score (nSPS) is 15.9. The molecule has 11 heteroatoms. The highest BCUT2D eigenvalue weighted by molar-refractivity contribution is 7.14. The molecule has 1 fully saturated rings. The van der Waals surface area contributed by atoms with Crippen LogP contribution in [0, 0.1) is 5.82 Å². The first-order valence-electron chi connectivity index (χ1n) is 8.66. The summed E-state index contributed by atoms with van der Waals surface area (Å²) < 4.78 is 18.1. The molecule has 1 saturated heterocycles. The van der Waals surface area contributed by atoms with E-state index in [4.69, 9.17) is 4.74 Å². The summed E-state index contributed by atoms with van der Waals surface area (Å²) in [6, 6.07) is 3.86. The van der Waals surface area contributed by atoms with Gasteiger partial charge in [0.1, 0.15) is 11.9 Å². The molecule has 1 aromatic heterocycles. The fraction of sp³-hybridized carbons (Fsp3) is 0.278. The number of amides is 4. The summed E-state index contributed by atoms with van der Waals surface area (Å²) >= 11 is 1.03. The highest BCUT2D eigenvalue weighted by atomic mass is 32.1. The van der Waals surface area contributed by atoms with Crippen LogP contribution in [-0.4, -0.2) is 46.3 Å². The highest BCUT2D eigenvalue weighted by Gasteiger charge is 2.39. The number of imide groups is 1. The molecule has 0 aliphatic carbocycles. The molecule has 29 heavy (non-hydrogen) atoms. The van der Waals surface area contributed by atoms with Gasteiger partial charge in [0.2, 0.25) is 5.91 Å². The smallest absolute Gasteiger partial charge is 0.357 e. The van der Waals surface area contributed by atoms with E-state index in [1.54, 1.807) is 13.0 Å². The number of anilines is 1. The second-order valence-electron chi connectivity index (χ2n) is 6.07. The standard InChI is InChI=1S/C18H17FN4O5S/c1-2-28-16(26)13-9-29-17(20-13)22-14(24)7-12-15(25)23(18(27)21-12)8-10-4-3-5-11(19)6-10/h3-6,9,12H,2,7-8H2,1H3,(H,21,27)(H,20,22,24). The zero-order chi connectivity index (χ0) is 21.0. The predicted octanol–water partition coefficient (Wildman–Crippen LogP) is 1.91. The lowest BCUT2D eigenvalue weighted by Crippen LogP contribution is -2.34. The van der Waals surface area contributed by atoms with E-state index < -0.39 is 35.7 Å². The minimum Gasteiger partial charge on any atom is -0.461 e. The molecule has 0 radical (unpaired) electrons. The number of hydrogen-bond donors (Lipinski definition) is 2. The van der Waals surface area contributed by atoms with Crippen molar-refractivity contribution in [3.05, 3.63) is 46.7 Å². The number of nitrogens with one attached hydrogen (secondary N) is 2. The number of halogens is 1. The zero-order valence-electron chi connectivity index (χ0n) is 15.3. The van der Waals surface area contributed by atoms with Crippen LogP contribution in [0.4, 0.5) is 14.3 Å². The van der Waals surface area contributed by atoms with E-state index in [9.17, 15) is 23.6 Å². The zero-order valence-corrected chi connectivity index (χ0v) is 16.1. The van der Waals surface area contributed by atoms with Gasteiger partial charge in [-0.1, -0.05) is 12.1 Å². The lowest BCUT2D eigenvalue weighted by atomic mass is 10.1. The fourth-order valence-corrected chi connectivity index (χ4v) is 3.36. The first-order chi connectivity index (χ1) is 13.9. The maximum absolute atomic E-state index is 13.3. The van der Waals surface area contributed by atoms with E-state index in [0.29, 0.717) is 5.56 Å². The number of esters is 1. The van der Waals surface area contributed by atoms with E-state index in [1.807, 2.05) is 0 Å². The van der Waals surface area contributed by atoms with Crippen LogP contribution in [0.2, 0.25) is 0 Å². The van der Waals surface area contributed by atoms with Crippen LogP contribution < -0.4 is 10.6 Å². The van der Waals surface area contributed by atoms with Crippen LogP contribution in [0.15, 0.2) is 29.6 Å².